The number of nitrogens with zero attached hydrogens (tertiary/aromatic N) is 1. The van der Waals surface area contributed by atoms with Gasteiger partial charge in [0.05, 0.1) is 6.61 Å². The van der Waals surface area contributed by atoms with E-state index >= 15 is 0 Å². The molecule has 1 aromatic heterocycles. The van der Waals surface area contributed by atoms with Crippen LogP contribution in [0.3, 0.4) is 0 Å². The minimum absolute atomic E-state index is 0.126. The van der Waals surface area contributed by atoms with Crippen molar-refractivity contribution in [2.45, 2.75) is 6.92 Å². The Morgan fingerprint density at radius 3 is 2.81 bits per heavy atom. The third-order valence-corrected chi connectivity index (χ3v) is 2.06. The maximum atomic E-state index is 11.3. The summed E-state index contributed by atoms with van der Waals surface area (Å²) in [5.41, 5.74) is 1.53. The molecule has 0 N–H and O–H groups in total. The first-order valence-corrected chi connectivity index (χ1v) is 5.00. The molecule has 0 unspecified atom stereocenters. The lowest BCUT2D eigenvalue weighted by molar-refractivity contribution is 0.0480. The van der Waals surface area contributed by atoms with Gasteiger partial charge in [0, 0.05) is 11.6 Å². The normalized spacial score (nSPS) is 10.1. The number of carbonyl (C=O) groups is 1. The molecular formula is C12H11NO3. The highest BCUT2D eigenvalue weighted by Crippen LogP contribution is 2.18. The number of esters is 1. The molecular weight excluding hydrogens is 206 g/mol. The van der Waals surface area contributed by atoms with E-state index in [0.29, 0.717) is 12.3 Å². The molecule has 0 bridgehead atoms. The standard InChI is InChI=1S/C12H11NO3/c1-2-15-12(14)11-8-10(13-16-11)9-6-4-3-5-7-9/h3-8H,2H2,1H3. The number of rotatable bonds is 3. The largest absolute Gasteiger partial charge is 0.460 e. The van der Waals surface area contributed by atoms with E-state index in [1.54, 1.807) is 13.0 Å². The van der Waals surface area contributed by atoms with Gasteiger partial charge in [-0.2, -0.15) is 0 Å². The van der Waals surface area contributed by atoms with Crippen molar-refractivity contribution in [2.75, 3.05) is 6.61 Å². The Morgan fingerprint density at radius 1 is 1.38 bits per heavy atom. The summed E-state index contributed by atoms with van der Waals surface area (Å²) in [5.74, 6) is -0.363. The molecule has 0 aliphatic rings. The topological polar surface area (TPSA) is 52.3 Å². The van der Waals surface area contributed by atoms with Crippen LogP contribution in [0.5, 0.6) is 0 Å². The molecule has 4 heteroatoms. The Balaban J connectivity index is 2.23. The molecule has 0 saturated carbocycles. The highest BCUT2D eigenvalue weighted by Gasteiger charge is 2.14. The highest BCUT2D eigenvalue weighted by atomic mass is 16.6. The summed E-state index contributed by atoms with van der Waals surface area (Å²) in [5, 5.41) is 3.81. The molecule has 0 fully saturated rings. The molecule has 1 heterocycles. The van der Waals surface area contributed by atoms with E-state index in [2.05, 4.69) is 5.16 Å². The first kappa shape index (κ1) is 10.4. The number of aromatic nitrogens is 1. The van der Waals surface area contributed by atoms with Gasteiger partial charge in [-0.05, 0) is 6.92 Å². The van der Waals surface area contributed by atoms with Crippen LogP contribution in [0.15, 0.2) is 40.9 Å². The van der Waals surface area contributed by atoms with Gasteiger partial charge in [0.25, 0.3) is 0 Å². The van der Waals surface area contributed by atoms with Crippen LogP contribution in [0.25, 0.3) is 11.3 Å². The van der Waals surface area contributed by atoms with Crippen LogP contribution in [-0.4, -0.2) is 17.7 Å². The molecule has 0 radical (unpaired) electrons. The average molecular weight is 217 g/mol. The van der Waals surface area contributed by atoms with Crippen molar-refractivity contribution in [3.05, 3.63) is 42.2 Å². The fourth-order valence-electron chi connectivity index (χ4n) is 1.32. The molecule has 0 aliphatic heterocycles. The van der Waals surface area contributed by atoms with Gasteiger partial charge in [-0.15, -0.1) is 0 Å². The summed E-state index contributed by atoms with van der Waals surface area (Å²) in [6, 6.07) is 11.1. The quantitative estimate of drug-likeness (QED) is 0.741. The Hall–Kier alpha value is -2.10. The maximum absolute atomic E-state index is 11.3. The number of hydrogen-bond donors (Lipinski definition) is 0. The van der Waals surface area contributed by atoms with Gasteiger partial charge in [0.1, 0.15) is 5.69 Å². The van der Waals surface area contributed by atoms with Crippen molar-refractivity contribution in [1.29, 1.82) is 0 Å². The molecule has 2 rings (SSSR count). The lowest BCUT2D eigenvalue weighted by Gasteiger charge is -1.94. The number of benzene rings is 1. The first-order chi connectivity index (χ1) is 7.81. The monoisotopic (exact) mass is 217 g/mol. The van der Waals surface area contributed by atoms with Gasteiger partial charge in [0.15, 0.2) is 0 Å². The highest BCUT2D eigenvalue weighted by molar-refractivity contribution is 5.87. The van der Waals surface area contributed by atoms with Crippen molar-refractivity contribution in [3.8, 4) is 11.3 Å². The van der Waals surface area contributed by atoms with Crippen LogP contribution < -0.4 is 0 Å². The lowest BCUT2D eigenvalue weighted by Crippen LogP contribution is -2.02. The molecule has 0 atom stereocenters. The second-order valence-corrected chi connectivity index (χ2v) is 3.16. The third kappa shape index (κ3) is 2.11. The summed E-state index contributed by atoms with van der Waals surface area (Å²) in [4.78, 5) is 11.3. The van der Waals surface area contributed by atoms with E-state index in [-0.39, 0.29) is 5.76 Å². The zero-order chi connectivity index (χ0) is 11.4. The predicted molar refractivity (Wildman–Crippen MR) is 57.9 cm³/mol. The van der Waals surface area contributed by atoms with E-state index in [9.17, 15) is 4.79 Å². The summed E-state index contributed by atoms with van der Waals surface area (Å²) >= 11 is 0. The van der Waals surface area contributed by atoms with Gasteiger partial charge in [-0.3, -0.25) is 0 Å². The maximum Gasteiger partial charge on any atom is 0.377 e. The number of carbonyl (C=O) groups excluding carboxylic acids is 1. The molecule has 0 amide bonds. The van der Waals surface area contributed by atoms with E-state index in [1.165, 1.54) is 0 Å². The SMILES string of the molecule is CCOC(=O)c1cc(-c2ccccc2)no1. The van der Waals surface area contributed by atoms with E-state index in [4.69, 9.17) is 9.26 Å². The van der Waals surface area contributed by atoms with Crippen LogP contribution >= 0.6 is 0 Å². The van der Waals surface area contributed by atoms with Crippen molar-refractivity contribution >= 4 is 5.97 Å². The second-order valence-electron chi connectivity index (χ2n) is 3.16. The molecule has 0 spiro atoms. The minimum atomic E-state index is -0.489. The third-order valence-electron chi connectivity index (χ3n) is 2.06. The lowest BCUT2D eigenvalue weighted by atomic mass is 10.1. The minimum Gasteiger partial charge on any atom is -0.460 e. The fraction of sp³-hybridized carbons (Fsp3) is 0.167. The molecule has 82 valence electrons. The fourth-order valence-corrected chi connectivity index (χ4v) is 1.32. The van der Waals surface area contributed by atoms with Crippen LogP contribution in [-0.2, 0) is 4.74 Å². The Morgan fingerprint density at radius 2 is 2.12 bits per heavy atom. The summed E-state index contributed by atoms with van der Waals surface area (Å²) < 4.78 is 9.71. The zero-order valence-electron chi connectivity index (χ0n) is 8.84. The van der Waals surface area contributed by atoms with Gasteiger partial charge in [-0.1, -0.05) is 35.5 Å². The Kier molecular flexibility index (Phi) is 3.00. The summed E-state index contributed by atoms with van der Waals surface area (Å²) in [7, 11) is 0. The Bertz CT molecular complexity index is 476. The van der Waals surface area contributed by atoms with E-state index in [0.717, 1.165) is 5.56 Å². The van der Waals surface area contributed by atoms with Crippen molar-refractivity contribution in [3.63, 3.8) is 0 Å². The molecule has 1 aromatic carbocycles. The van der Waals surface area contributed by atoms with Gasteiger partial charge in [-0.25, -0.2) is 4.79 Å². The second kappa shape index (κ2) is 4.61. The van der Waals surface area contributed by atoms with E-state index < -0.39 is 5.97 Å². The molecule has 16 heavy (non-hydrogen) atoms. The molecule has 2 aromatic rings. The van der Waals surface area contributed by atoms with Gasteiger partial charge < -0.3 is 9.26 Å². The Labute approximate surface area is 92.8 Å². The molecule has 0 saturated heterocycles. The summed E-state index contributed by atoms with van der Waals surface area (Å²) in [6.45, 7) is 2.06. The van der Waals surface area contributed by atoms with E-state index in [1.807, 2.05) is 30.3 Å². The van der Waals surface area contributed by atoms with Crippen LogP contribution in [0.2, 0.25) is 0 Å². The van der Waals surface area contributed by atoms with Crippen LogP contribution in [0.4, 0.5) is 0 Å². The molecule has 4 nitrogen and oxygen atoms in total. The molecule has 0 aliphatic carbocycles. The van der Waals surface area contributed by atoms with Gasteiger partial charge >= 0.3 is 5.97 Å². The number of ether oxygens (including phenoxy) is 1. The first-order valence-electron chi connectivity index (χ1n) is 5.00. The average Bonchev–Trinajstić information content (AvgIpc) is 2.80. The van der Waals surface area contributed by atoms with Gasteiger partial charge in [0.2, 0.25) is 5.76 Å². The van der Waals surface area contributed by atoms with Crippen molar-refractivity contribution in [1.82, 2.24) is 5.16 Å². The zero-order valence-corrected chi connectivity index (χ0v) is 8.84. The van der Waals surface area contributed by atoms with Crippen molar-refractivity contribution < 1.29 is 14.1 Å². The number of hydrogen-bond acceptors (Lipinski definition) is 4. The summed E-state index contributed by atoms with van der Waals surface area (Å²) in [6.07, 6.45) is 0. The van der Waals surface area contributed by atoms with Crippen molar-refractivity contribution in [2.24, 2.45) is 0 Å². The predicted octanol–water partition coefficient (Wildman–Crippen LogP) is 2.52. The smallest absolute Gasteiger partial charge is 0.377 e. The van der Waals surface area contributed by atoms with Crippen LogP contribution in [0, 0.1) is 0 Å². The van der Waals surface area contributed by atoms with Crippen LogP contribution in [0.1, 0.15) is 17.5 Å².